The standard InChI is InChI=1S/C18H27N3O2/c1-4-7-19-18(23)21-10-8-20(9-11-21)13-17(22)16-6-5-14(2)15(3)12-16/h5-6,12H,4,7-11,13H2,1-3H3,(H,19,23). The monoisotopic (exact) mass is 317 g/mol. The van der Waals surface area contributed by atoms with Gasteiger partial charge in [-0.2, -0.15) is 0 Å². The average Bonchev–Trinajstić information content (AvgIpc) is 2.55. The Labute approximate surface area is 138 Å². The zero-order valence-electron chi connectivity index (χ0n) is 14.4. The van der Waals surface area contributed by atoms with Crippen LogP contribution in [0.25, 0.3) is 0 Å². The molecule has 0 unspecified atom stereocenters. The van der Waals surface area contributed by atoms with E-state index < -0.39 is 0 Å². The Morgan fingerprint density at radius 1 is 1.09 bits per heavy atom. The number of amides is 2. The molecule has 2 amide bonds. The summed E-state index contributed by atoms with van der Waals surface area (Å²) in [6.45, 7) is 10.1. The first-order valence-corrected chi connectivity index (χ1v) is 8.37. The Hall–Kier alpha value is -1.88. The number of nitrogens with zero attached hydrogens (tertiary/aromatic N) is 2. The summed E-state index contributed by atoms with van der Waals surface area (Å²) in [5, 5.41) is 2.90. The molecule has 5 heteroatoms. The number of carbonyl (C=O) groups is 2. The number of benzene rings is 1. The second-order valence-electron chi connectivity index (χ2n) is 6.22. The first kappa shape index (κ1) is 17.5. The number of hydrogen-bond donors (Lipinski definition) is 1. The minimum atomic E-state index is 0.00647. The van der Waals surface area contributed by atoms with E-state index in [4.69, 9.17) is 0 Å². The molecule has 0 spiro atoms. The molecule has 126 valence electrons. The van der Waals surface area contributed by atoms with Gasteiger partial charge in [-0.3, -0.25) is 9.69 Å². The summed E-state index contributed by atoms with van der Waals surface area (Å²) >= 11 is 0. The van der Waals surface area contributed by atoms with Crippen LogP contribution in [0.1, 0.15) is 34.8 Å². The molecule has 2 rings (SSSR count). The van der Waals surface area contributed by atoms with Crippen molar-refractivity contribution in [3.8, 4) is 0 Å². The van der Waals surface area contributed by atoms with Gasteiger partial charge in [0.05, 0.1) is 6.54 Å². The van der Waals surface area contributed by atoms with E-state index >= 15 is 0 Å². The maximum atomic E-state index is 12.4. The highest BCUT2D eigenvalue weighted by Gasteiger charge is 2.22. The van der Waals surface area contributed by atoms with Gasteiger partial charge in [0.15, 0.2) is 5.78 Å². The van der Waals surface area contributed by atoms with Gasteiger partial charge in [0.25, 0.3) is 0 Å². The van der Waals surface area contributed by atoms with Gasteiger partial charge >= 0.3 is 6.03 Å². The van der Waals surface area contributed by atoms with Crippen LogP contribution in [-0.4, -0.2) is 60.9 Å². The van der Waals surface area contributed by atoms with Gasteiger partial charge in [-0.1, -0.05) is 19.1 Å². The summed E-state index contributed by atoms with van der Waals surface area (Å²) in [5.41, 5.74) is 3.12. The smallest absolute Gasteiger partial charge is 0.317 e. The highest BCUT2D eigenvalue weighted by Crippen LogP contribution is 2.12. The van der Waals surface area contributed by atoms with E-state index in [9.17, 15) is 9.59 Å². The maximum absolute atomic E-state index is 12.4. The Kier molecular flexibility index (Phi) is 6.16. The number of Topliss-reactive ketones (excluding diaryl/α,β-unsaturated/α-hetero) is 1. The van der Waals surface area contributed by atoms with E-state index in [1.807, 2.05) is 43.9 Å². The Morgan fingerprint density at radius 3 is 2.39 bits per heavy atom. The minimum absolute atomic E-state index is 0.00647. The van der Waals surface area contributed by atoms with Gasteiger partial charge in [0, 0.05) is 38.3 Å². The SMILES string of the molecule is CCCNC(=O)N1CCN(CC(=O)c2ccc(C)c(C)c2)CC1. The van der Waals surface area contributed by atoms with Crippen LogP contribution in [0.5, 0.6) is 0 Å². The van der Waals surface area contributed by atoms with E-state index in [-0.39, 0.29) is 11.8 Å². The van der Waals surface area contributed by atoms with Crippen molar-refractivity contribution < 1.29 is 9.59 Å². The molecule has 0 radical (unpaired) electrons. The summed E-state index contributed by atoms with van der Waals surface area (Å²) in [7, 11) is 0. The third-order valence-corrected chi connectivity index (χ3v) is 4.38. The zero-order valence-corrected chi connectivity index (χ0v) is 14.4. The number of rotatable bonds is 5. The van der Waals surface area contributed by atoms with E-state index in [2.05, 4.69) is 10.2 Å². The molecule has 1 fully saturated rings. The molecule has 5 nitrogen and oxygen atoms in total. The molecule has 1 aromatic rings. The molecule has 1 aliphatic heterocycles. The number of urea groups is 1. The molecule has 1 N–H and O–H groups in total. The van der Waals surface area contributed by atoms with Gasteiger partial charge in [-0.05, 0) is 37.5 Å². The highest BCUT2D eigenvalue weighted by atomic mass is 16.2. The Balaban J connectivity index is 1.82. The van der Waals surface area contributed by atoms with Gasteiger partial charge in [-0.25, -0.2) is 4.79 Å². The van der Waals surface area contributed by atoms with Crippen molar-refractivity contribution >= 4 is 11.8 Å². The molecule has 0 atom stereocenters. The summed E-state index contributed by atoms with van der Waals surface area (Å²) in [6.07, 6.45) is 0.941. The van der Waals surface area contributed by atoms with Crippen molar-refractivity contribution in [2.45, 2.75) is 27.2 Å². The van der Waals surface area contributed by atoms with Crippen LogP contribution in [-0.2, 0) is 0 Å². The predicted molar refractivity (Wildman–Crippen MR) is 91.9 cm³/mol. The lowest BCUT2D eigenvalue weighted by molar-refractivity contribution is 0.0878. The molecule has 0 aliphatic carbocycles. The van der Waals surface area contributed by atoms with Crippen molar-refractivity contribution in [3.05, 3.63) is 34.9 Å². The average molecular weight is 317 g/mol. The Bertz CT molecular complexity index is 563. The third kappa shape index (κ3) is 4.79. The fraction of sp³-hybridized carbons (Fsp3) is 0.556. The van der Waals surface area contributed by atoms with Crippen LogP contribution in [0.3, 0.4) is 0 Å². The third-order valence-electron chi connectivity index (χ3n) is 4.38. The highest BCUT2D eigenvalue weighted by molar-refractivity contribution is 5.97. The molecule has 0 bridgehead atoms. The van der Waals surface area contributed by atoms with Gasteiger partial charge in [0.1, 0.15) is 0 Å². The van der Waals surface area contributed by atoms with Crippen LogP contribution in [0.15, 0.2) is 18.2 Å². The number of carbonyl (C=O) groups excluding carboxylic acids is 2. The van der Waals surface area contributed by atoms with E-state index in [0.29, 0.717) is 26.2 Å². The first-order chi connectivity index (χ1) is 11.0. The van der Waals surface area contributed by atoms with E-state index in [0.717, 1.165) is 30.6 Å². The predicted octanol–water partition coefficient (Wildman–Crippen LogP) is 2.22. The number of nitrogens with one attached hydrogen (secondary N) is 1. The van der Waals surface area contributed by atoms with Crippen molar-refractivity contribution in [2.75, 3.05) is 39.3 Å². The maximum Gasteiger partial charge on any atom is 0.317 e. The fourth-order valence-electron chi connectivity index (χ4n) is 2.66. The molecule has 1 saturated heterocycles. The van der Waals surface area contributed by atoms with Gasteiger partial charge in [-0.15, -0.1) is 0 Å². The Morgan fingerprint density at radius 2 is 1.78 bits per heavy atom. The van der Waals surface area contributed by atoms with Crippen molar-refractivity contribution in [1.29, 1.82) is 0 Å². The second-order valence-corrected chi connectivity index (χ2v) is 6.22. The zero-order chi connectivity index (χ0) is 16.8. The summed E-state index contributed by atoms with van der Waals surface area (Å²) in [5.74, 6) is 0.150. The van der Waals surface area contributed by atoms with Gasteiger partial charge in [0.2, 0.25) is 0 Å². The summed E-state index contributed by atoms with van der Waals surface area (Å²) < 4.78 is 0. The number of piperazine rings is 1. The first-order valence-electron chi connectivity index (χ1n) is 8.37. The van der Waals surface area contributed by atoms with E-state index in [1.165, 1.54) is 5.56 Å². The quantitative estimate of drug-likeness (QED) is 0.847. The van der Waals surface area contributed by atoms with Crippen LogP contribution in [0.2, 0.25) is 0 Å². The lowest BCUT2D eigenvalue weighted by Gasteiger charge is -2.34. The van der Waals surface area contributed by atoms with Crippen molar-refractivity contribution in [2.24, 2.45) is 0 Å². The number of hydrogen-bond acceptors (Lipinski definition) is 3. The van der Waals surface area contributed by atoms with Crippen LogP contribution in [0.4, 0.5) is 4.79 Å². The van der Waals surface area contributed by atoms with Crippen molar-refractivity contribution in [3.63, 3.8) is 0 Å². The molecule has 0 aromatic heterocycles. The van der Waals surface area contributed by atoms with Crippen LogP contribution < -0.4 is 5.32 Å². The molecular formula is C18H27N3O2. The number of aryl methyl sites for hydroxylation is 2. The van der Waals surface area contributed by atoms with Crippen LogP contribution in [0, 0.1) is 13.8 Å². The molecule has 1 heterocycles. The second kappa shape index (κ2) is 8.11. The van der Waals surface area contributed by atoms with E-state index in [1.54, 1.807) is 0 Å². The largest absolute Gasteiger partial charge is 0.338 e. The fourth-order valence-corrected chi connectivity index (χ4v) is 2.66. The number of ketones is 1. The van der Waals surface area contributed by atoms with Gasteiger partial charge < -0.3 is 10.2 Å². The summed E-state index contributed by atoms with van der Waals surface area (Å²) in [4.78, 5) is 28.3. The molecule has 1 aliphatic rings. The molecule has 23 heavy (non-hydrogen) atoms. The lowest BCUT2D eigenvalue weighted by atomic mass is 10.0. The lowest BCUT2D eigenvalue weighted by Crippen LogP contribution is -2.52. The minimum Gasteiger partial charge on any atom is -0.338 e. The molecular weight excluding hydrogens is 290 g/mol. The normalized spacial score (nSPS) is 15.5. The topological polar surface area (TPSA) is 52.7 Å². The van der Waals surface area contributed by atoms with Crippen LogP contribution >= 0.6 is 0 Å². The summed E-state index contributed by atoms with van der Waals surface area (Å²) in [6, 6.07) is 5.87. The van der Waals surface area contributed by atoms with Crippen molar-refractivity contribution in [1.82, 2.24) is 15.1 Å². The molecule has 0 saturated carbocycles. The molecule has 1 aromatic carbocycles.